The molecule has 0 aromatic rings. The molecule has 5 nitrogen and oxygen atoms in total. The van der Waals surface area contributed by atoms with Gasteiger partial charge in [-0.2, -0.15) is 0 Å². The Morgan fingerprint density at radius 2 is 1.45 bits per heavy atom. The molecular weight excluding hydrogens is 258 g/mol. The van der Waals surface area contributed by atoms with Gasteiger partial charge in [0, 0.05) is 5.54 Å². The third-order valence-corrected chi connectivity index (χ3v) is 1.93. The van der Waals surface area contributed by atoms with Gasteiger partial charge in [-0.05, 0) is 41.0 Å². The largest absolute Gasteiger partial charge is 0.481 e. The highest BCUT2D eigenvalue weighted by Gasteiger charge is 2.32. The summed E-state index contributed by atoms with van der Waals surface area (Å²) in [6, 6.07) is 0. The fraction of sp³-hybridized carbons (Fsp3) is 0.733. The van der Waals surface area contributed by atoms with Crippen LogP contribution in [0, 0.1) is 5.41 Å². The molecular formula is C15H31NO4. The zero-order valence-electron chi connectivity index (χ0n) is 13.9. The number of carbonyl (C=O) groups is 2. The Balaban J connectivity index is -0.000000277. The summed E-state index contributed by atoms with van der Waals surface area (Å²) in [5.41, 5.74) is 5.24. The fourth-order valence-electron chi connectivity index (χ4n) is 1.47. The van der Waals surface area contributed by atoms with Gasteiger partial charge in [-0.1, -0.05) is 26.0 Å². The Kier molecular flexibility index (Phi) is 12.4. The summed E-state index contributed by atoms with van der Waals surface area (Å²) in [4.78, 5) is 20.4. The lowest BCUT2D eigenvalue weighted by atomic mass is 9.81. The van der Waals surface area contributed by atoms with Crippen molar-refractivity contribution in [2.45, 2.75) is 66.8 Å². The highest BCUT2D eigenvalue weighted by Crippen LogP contribution is 2.26. The van der Waals surface area contributed by atoms with Crippen LogP contribution in [0.2, 0.25) is 0 Å². The first-order valence-corrected chi connectivity index (χ1v) is 6.66. The summed E-state index contributed by atoms with van der Waals surface area (Å²) < 4.78 is 0. The minimum atomic E-state index is -0.812. The van der Waals surface area contributed by atoms with Gasteiger partial charge in [-0.3, -0.25) is 9.59 Å². The van der Waals surface area contributed by atoms with Gasteiger partial charge < -0.3 is 15.9 Å². The highest BCUT2D eigenvalue weighted by molar-refractivity contribution is 5.73. The molecule has 0 aromatic carbocycles. The molecule has 20 heavy (non-hydrogen) atoms. The average Bonchev–Trinajstić information content (AvgIpc) is 2.15. The van der Waals surface area contributed by atoms with E-state index in [1.54, 1.807) is 20.8 Å². The SMILES string of the molecule is C=C(C)CC(=O)O.CC.CC(C)(N)CC(C)(C)C(=O)O. The van der Waals surface area contributed by atoms with E-state index in [9.17, 15) is 9.59 Å². The van der Waals surface area contributed by atoms with Crippen molar-refractivity contribution in [2.24, 2.45) is 11.1 Å². The summed E-state index contributed by atoms with van der Waals surface area (Å²) in [7, 11) is 0. The number of hydrogen-bond acceptors (Lipinski definition) is 3. The predicted octanol–water partition coefficient (Wildman–Crippen LogP) is 3.29. The molecule has 0 unspecified atom stereocenters. The Labute approximate surface area is 122 Å². The van der Waals surface area contributed by atoms with E-state index in [1.165, 1.54) is 0 Å². The van der Waals surface area contributed by atoms with E-state index in [1.807, 2.05) is 27.7 Å². The maximum Gasteiger partial charge on any atom is 0.309 e. The van der Waals surface area contributed by atoms with E-state index >= 15 is 0 Å². The van der Waals surface area contributed by atoms with E-state index in [0.717, 1.165) is 0 Å². The topological polar surface area (TPSA) is 101 Å². The van der Waals surface area contributed by atoms with Crippen molar-refractivity contribution in [3.63, 3.8) is 0 Å². The summed E-state index contributed by atoms with van der Waals surface area (Å²) in [6.07, 6.45) is 0.565. The normalized spacial score (nSPS) is 10.4. The second-order valence-corrected chi connectivity index (χ2v) is 5.88. The minimum Gasteiger partial charge on any atom is -0.481 e. The average molecular weight is 289 g/mol. The summed E-state index contributed by atoms with van der Waals surface area (Å²) in [6.45, 7) is 16.1. The predicted molar refractivity (Wildman–Crippen MR) is 82.7 cm³/mol. The van der Waals surface area contributed by atoms with Crippen LogP contribution < -0.4 is 5.73 Å². The molecule has 120 valence electrons. The number of carboxylic acids is 2. The van der Waals surface area contributed by atoms with Crippen LogP contribution in [-0.2, 0) is 9.59 Å². The number of hydrogen-bond donors (Lipinski definition) is 3. The van der Waals surface area contributed by atoms with Gasteiger partial charge in [0.1, 0.15) is 0 Å². The molecule has 0 rings (SSSR count). The molecule has 0 saturated heterocycles. The van der Waals surface area contributed by atoms with Crippen molar-refractivity contribution in [3.05, 3.63) is 12.2 Å². The first-order valence-electron chi connectivity index (χ1n) is 6.66. The number of carboxylic acid groups (broad SMARTS) is 2. The van der Waals surface area contributed by atoms with Gasteiger partial charge in [0.15, 0.2) is 0 Å². The van der Waals surface area contributed by atoms with Crippen molar-refractivity contribution in [1.29, 1.82) is 0 Å². The van der Waals surface area contributed by atoms with Crippen molar-refractivity contribution in [1.82, 2.24) is 0 Å². The molecule has 0 bridgehead atoms. The van der Waals surface area contributed by atoms with E-state index in [2.05, 4.69) is 6.58 Å². The van der Waals surface area contributed by atoms with Gasteiger partial charge >= 0.3 is 11.9 Å². The van der Waals surface area contributed by atoms with Crippen molar-refractivity contribution in [2.75, 3.05) is 0 Å². The molecule has 0 aromatic heterocycles. The molecule has 0 saturated carbocycles. The molecule has 0 aliphatic rings. The number of nitrogens with two attached hydrogens (primary N) is 1. The second kappa shape index (κ2) is 10.4. The zero-order valence-corrected chi connectivity index (χ0v) is 13.9. The van der Waals surface area contributed by atoms with Crippen LogP contribution >= 0.6 is 0 Å². The molecule has 0 heterocycles. The summed E-state index contributed by atoms with van der Waals surface area (Å²) in [5, 5.41) is 16.8. The number of rotatable bonds is 5. The molecule has 5 heteroatoms. The van der Waals surface area contributed by atoms with Crippen LogP contribution in [0.1, 0.15) is 61.3 Å². The van der Waals surface area contributed by atoms with Gasteiger partial charge in [-0.25, -0.2) is 0 Å². The first kappa shape index (κ1) is 23.7. The van der Waals surface area contributed by atoms with Crippen LogP contribution in [0.15, 0.2) is 12.2 Å². The van der Waals surface area contributed by atoms with Crippen LogP contribution in [0.25, 0.3) is 0 Å². The highest BCUT2D eigenvalue weighted by atomic mass is 16.4. The first-order chi connectivity index (χ1) is 8.78. The van der Waals surface area contributed by atoms with E-state index in [4.69, 9.17) is 15.9 Å². The van der Waals surface area contributed by atoms with Gasteiger partial charge in [0.25, 0.3) is 0 Å². The minimum absolute atomic E-state index is 0.0833. The fourth-order valence-corrected chi connectivity index (χ4v) is 1.47. The lowest BCUT2D eigenvalue weighted by Crippen LogP contribution is -2.40. The summed E-state index contributed by atoms with van der Waals surface area (Å²) >= 11 is 0. The zero-order chi connectivity index (χ0) is 17.1. The van der Waals surface area contributed by atoms with E-state index in [0.29, 0.717) is 12.0 Å². The van der Waals surface area contributed by atoms with Crippen molar-refractivity contribution >= 4 is 11.9 Å². The Morgan fingerprint density at radius 1 is 1.10 bits per heavy atom. The van der Waals surface area contributed by atoms with Crippen molar-refractivity contribution < 1.29 is 19.8 Å². The van der Waals surface area contributed by atoms with Gasteiger partial charge in [-0.15, -0.1) is 0 Å². The van der Waals surface area contributed by atoms with Crippen LogP contribution in [0.5, 0.6) is 0 Å². The lowest BCUT2D eigenvalue weighted by molar-refractivity contribution is -0.148. The van der Waals surface area contributed by atoms with E-state index < -0.39 is 22.9 Å². The maximum atomic E-state index is 10.6. The molecule has 4 N–H and O–H groups in total. The van der Waals surface area contributed by atoms with Gasteiger partial charge in [0.2, 0.25) is 0 Å². The van der Waals surface area contributed by atoms with Gasteiger partial charge in [0.05, 0.1) is 11.8 Å². The molecule has 0 radical (unpaired) electrons. The maximum absolute atomic E-state index is 10.6. The Bertz CT molecular complexity index is 302. The molecule has 0 aliphatic carbocycles. The molecule has 0 fully saturated rings. The molecule has 0 amide bonds. The quantitative estimate of drug-likeness (QED) is 0.674. The van der Waals surface area contributed by atoms with Crippen LogP contribution in [0.4, 0.5) is 0 Å². The third-order valence-electron chi connectivity index (χ3n) is 1.93. The Morgan fingerprint density at radius 3 is 1.50 bits per heavy atom. The third kappa shape index (κ3) is 19.0. The van der Waals surface area contributed by atoms with E-state index in [-0.39, 0.29) is 6.42 Å². The number of aliphatic carboxylic acids is 2. The van der Waals surface area contributed by atoms with Crippen molar-refractivity contribution in [3.8, 4) is 0 Å². The Hall–Kier alpha value is -1.36. The standard InChI is InChI=1S/C8H17NO2.C5H8O2.C2H6/c1-7(2,6(10)11)5-8(3,4)9;1-4(2)3-5(6)7;1-2/h5,9H2,1-4H3,(H,10,11);1,3H2,2H3,(H,6,7);1-2H3. The smallest absolute Gasteiger partial charge is 0.309 e. The monoisotopic (exact) mass is 289 g/mol. The molecule has 0 atom stereocenters. The van der Waals surface area contributed by atoms with Crippen LogP contribution in [0.3, 0.4) is 0 Å². The summed E-state index contributed by atoms with van der Waals surface area (Å²) in [5.74, 6) is -1.61. The lowest BCUT2D eigenvalue weighted by Gasteiger charge is -2.28. The van der Waals surface area contributed by atoms with Crippen LogP contribution in [-0.4, -0.2) is 27.7 Å². The second-order valence-electron chi connectivity index (χ2n) is 5.88. The molecule has 0 spiro atoms. The molecule has 0 aliphatic heterocycles.